The van der Waals surface area contributed by atoms with Gasteiger partial charge in [-0.2, -0.15) is 0 Å². The molecular weight excluding hydrogens is 242 g/mol. The number of carbonyl (C=O) groups is 2. The largest absolute Gasteiger partial charge is 0.481 e. The Bertz CT molecular complexity index is 354. The fourth-order valence-corrected chi connectivity index (χ4v) is 3.45. The molecule has 4 heteroatoms. The van der Waals surface area contributed by atoms with Crippen LogP contribution in [0.1, 0.15) is 64.7 Å². The van der Waals surface area contributed by atoms with Crippen molar-refractivity contribution < 1.29 is 14.7 Å². The number of carboxylic acids is 1. The summed E-state index contributed by atoms with van der Waals surface area (Å²) in [6, 6.07) is 0. The molecule has 0 bridgehead atoms. The number of nitrogens with one attached hydrogen (secondary N) is 1. The fraction of sp³-hybridized carbons (Fsp3) is 0.867. The zero-order valence-electron chi connectivity index (χ0n) is 11.8. The predicted molar refractivity (Wildman–Crippen MR) is 72.7 cm³/mol. The molecule has 2 rings (SSSR count). The number of amides is 1. The van der Waals surface area contributed by atoms with Gasteiger partial charge in [-0.25, -0.2) is 0 Å². The molecule has 0 radical (unpaired) electrons. The summed E-state index contributed by atoms with van der Waals surface area (Å²) in [7, 11) is 0. The smallest absolute Gasteiger partial charge is 0.303 e. The second-order valence-corrected chi connectivity index (χ2v) is 6.73. The van der Waals surface area contributed by atoms with Crippen LogP contribution in [0, 0.1) is 10.8 Å². The molecule has 2 fully saturated rings. The number of carboxylic acid groups (broad SMARTS) is 1. The maximum atomic E-state index is 12.3. The molecule has 0 aromatic rings. The Kier molecular flexibility index (Phi) is 4.16. The van der Waals surface area contributed by atoms with Crippen molar-refractivity contribution in [3.8, 4) is 0 Å². The van der Waals surface area contributed by atoms with E-state index in [0.29, 0.717) is 6.54 Å². The SMILES string of the molecule is CC1(C(=O)NCC2(CC(=O)O)CCC2)CCCCC1. The van der Waals surface area contributed by atoms with Gasteiger partial charge in [0.25, 0.3) is 0 Å². The van der Waals surface area contributed by atoms with Gasteiger partial charge in [0.2, 0.25) is 5.91 Å². The van der Waals surface area contributed by atoms with E-state index in [9.17, 15) is 9.59 Å². The molecule has 0 spiro atoms. The minimum atomic E-state index is -0.752. The molecule has 19 heavy (non-hydrogen) atoms. The zero-order valence-corrected chi connectivity index (χ0v) is 11.8. The third-order valence-corrected chi connectivity index (χ3v) is 5.07. The van der Waals surface area contributed by atoms with Crippen LogP contribution in [-0.4, -0.2) is 23.5 Å². The van der Waals surface area contributed by atoms with Gasteiger partial charge in [-0.3, -0.25) is 9.59 Å². The van der Waals surface area contributed by atoms with Gasteiger partial charge in [-0.1, -0.05) is 32.6 Å². The van der Waals surface area contributed by atoms with Crippen molar-refractivity contribution in [3.05, 3.63) is 0 Å². The highest BCUT2D eigenvalue weighted by Crippen LogP contribution is 2.44. The zero-order chi connectivity index (χ0) is 13.9. The highest BCUT2D eigenvalue weighted by molar-refractivity contribution is 5.82. The van der Waals surface area contributed by atoms with Crippen molar-refractivity contribution in [2.45, 2.75) is 64.7 Å². The lowest BCUT2D eigenvalue weighted by atomic mass is 9.66. The molecule has 0 aromatic heterocycles. The summed E-state index contributed by atoms with van der Waals surface area (Å²) in [4.78, 5) is 23.2. The lowest BCUT2D eigenvalue weighted by Gasteiger charge is -2.42. The normalized spacial score (nSPS) is 24.3. The molecule has 2 aliphatic rings. The van der Waals surface area contributed by atoms with Gasteiger partial charge < -0.3 is 10.4 Å². The number of carbonyl (C=O) groups excluding carboxylic acids is 1. The Hall–Kier alpha value is -1.06. The average Bonchev–Trinajstić information content (AvgIpc) is 2.32. The van der Waals surface area contributed by atoms with Crippen molar-refractivity contribution in [2.75, 3.05) is 6.54 Å². The number of rotatable bonds is 5. The Morgan fingerprint density at radius 3 is 2.16 bits per heavy atom. The van der Waals surface area contributed by atoms with Gasteiger partial charge in [0.05, 0.1) is 6.42 Å². The van der Waals surface area contributed by atoms with Gasteiger partial charge >= 0.3 is 5.97 Å². The molecule has 108 valence electrons. The van der Waals surface area contributed by atoms with E-state index in [1.165, 1.54) is 6.42 Å². The van der Waals surface area contributed by atoms with E-state index in [-0.39, 0.29) is 23.2 Å². The molecule has 0 saturated heterocycles. The second-order valence-electron chi connectivity index (χ2n) is 6.73. The van der Waals surface area contributed by atoms with Crippen LogP contribution in [-0.2, 0) is 9.59 Å². The highest BCUT2D eigenvalue weighted by atomic mass is 16.4. The molecule has 4 nitrogen and oxygen atoms in total. The van der Waals surface area contributed by atoms with Crippen molar-refractivity contribution in [3.63, 3.8) is 0 Å². The van der Waals surface area contributed by atoms with Crippen LogP contribution >= 0.6 is 0 Å². The molecule has 2 aliphatic carbocycles. The molecule has 0 atom stereocenters. The molecule has 0 aromatic carbocycles. The van der Waals surface area contributed by atoms with Crippen LogP contribution in [0.3, 0.4) is 0 Å². The van der Waals surface area contributed by atoms with Crippen molar-refractivity contribution in [1.82, 2.24) is 5.32 Å². The summed E-state index contributed by atoms with van der Waals surface area (Å²) in [5.74, 6) is -0.623. The Labute approximate surface area is 115 Å². The first-order valence-corrected chi connectivity index (χ1v) is 7.46. The quantitative estimate of drug-likeness (QED) is 0.805. The van der Waals surface area contributed by atoms with Gasteiger partial charge in [0, 0.05) is 12.0 Å². The van der Waals surface area contributed by atoms with Crippen LogP contribution in [0.5, 0.6) is 0 Å². The van der Waals surface area contributed by atoms with Crippen molar-refractivity contribution in [1.29, 1.82) is 0 Å². The van der Waals surface area contributed by atoms with E-state index in [2.05, 4.69) is 5.32 Å². The maximum Gasteiger partial charge on any atom is 0.303 e. The topological polar surface area (TPSA) is 66.4 Å². The summed E-state index contributed by atoms with van der Waals surface area (Å²) in [5.41, 5.74) is -0.404. The van der Waals surface area contributed by atoms with Gasteiger partial charge in [0.15, 0.2) is 0 Å². The monoisotopic (exact) mass is 267 g/mol. The summed E-state index contributed by atoms with van der Waals surface area (Å²) in [5, 5.41) is 12.0. The summed E-state index contributed by atoms with van der Waals surface area (Å²) in [6.07, 6.45) is 8.53. The number of aliphatic carboxylic acids is 1. The lowest BCUT2D eigenvalue weighted by Crippen LogP contribution is -2.48. The average molecular weight is 267 g/mol. The lowest BCUT2D eigenvalue weighted by molar-refractivity contribution is -0.142. The molecule has 0 unspecified atom stereocenters. The standard InChI is InChI=1S/C15H25NO3/c1-14(6-3-2-4-7-14)13(19)16-11-15(8-5-9-15)10-12(17)18/h2-11H2,1H3,(H,16,19)(H,17,18). The van der Waals surface area contributed by atoms with Crippen LogP contribution < -0.4 is 5.32 Å². The fourth-order valence-electron chi connectivity index (χ4n) is 3.45. The van der Waals surface area contributed by atoms with E-state index in [1.807, 2.05) is 6.92 Å². The molecule has 0 heterocycles. The number of hydrogen-bond acceptors (Lipinski definition) is 2. The maximum absolute atomic E-state index is 12.3. The van der Waals surface area contributed by atoms with E-state index >= 15 is 0 Å². The Morgan fingerprint density at radius 1 is 1.05 bits per heavy atom. The minimum absolute atomic E-state index is 0.129. The van der Waals surface area contributed by atoms with Crippen LogP contribution in [0.4, 0.5) is 0 Å². The third-order valence-electron chi connectivity index (χ3n) is 5.07. The molecule has 0 aliphatic heterocycles. The molecule has 2 N–H and O–H groups in total. The summed E-state index contributed by atoms with van der Waals surface area (Å²) >= 11 is 0. The molecule has 1 amide bonds. The van der Waals surface area contributed by atoms with Crippen molar-refractivity contribution >= 4 is 11.9 Å². The third kappa shape index (κ3) is 3.28. The summed E-state index contributed by atoms with van der Waals surface area (Å²) < 4.78 is 0. The van der Waals surface area contributed by atoms with Gasteiger partial charge in [0.1, 0.15) is 0 Å². The molecule has 2 saturated carbocycles. The molecular formula is C15H25NO3. The van der Waals surface area contributed by atoms with E-state index < -0.39 is 5.97 Å². The highest BCUT2D eigenvalue weighted by Gasteiger charge is 2.41. The first kappa shape index (κ1) is 14.4. The number of hydrogen-bond donors (Lipinski definition) is 2. The van der Waals surface area contributed by atoms with Crippen molar-refractivity contribution in [2.24, 2.45) is 10.8 Å². The second kappa shape index (κ2) is 5.51. The minimum Gasteiger partial charge on any atom is -0.481 e. The van der Waals surface area contributed by atoms with Gasteiger partial charge in [-0.05, 0) is 31.1 Å². The van der Waals surface area contributed by atoms with Crippen LogP contribution in [0.15, 0.2) is 0 Å². The summed E-state index contributed by atoms with van der Waals surface area (Å²) in [6.45, 7) is 2.58. The predicted octanol–water partition coefficient (Wildman–Crippen LogP) is 2.72. The van der Waals surface area contributed by atoms with E-state index in [0.717, 1.165) is 44.9 Å². The first-order chi connectivity index (χ1) is 8.96. The Balaban J connectivity index is 1.87. The van der Waals surface area contributed by atoms with E-state index in [4.69, 9.17) is 5.11 Å². The van der Waals surface area contributed by atoms with E-state index in [1.54, 1.807) is 0 Å². The van der Waals surface area contributed by atoms with Crippen LogP contribution in [0.2, 0.25) is 0 Å². The van der Waals surface area contributed by atoms with Gasteiger partial charge in [-0.15, -0.1) is 0 Å². The van der Waals surface area contributed by atoms with Crippen LogP contribution in [0.25, 0.3) is 0 Å². The first-order valence-electron chi connectivity index (χ1n) is 7.46. The Morgan fingerprint density at radius 2 is 1.68 bits per heavy atom.